The first-order valence-corrected chi connectivity index (χ1v) is 10.8. The van der Waals surface area contributed by atoms with Gasteiger partial charge in [0.05, 0.1) is 0 Å². The monoisotopic (exact) mass is 487 g/mol. The van der Waals surface area contributed by atoms with Crippen LogP contribution in [0.5, 0.6) is 0 Å². The van der Waals surface area contributed by atoms with Gasteiger partial charge in [-0.1, -0.05) is 6.92 Å². The van der Waals surface area contributed by atoms with E-state index < -0.39 is 32.0 Å². The van der Waals surface area contributed by atoms with Crippen LogP contribution in [0.3, 0.4) is 0 Å². The maximum Gasteiger partial charge on any atom is 0.405 e. The number of aromatic nitrogens is 4. The molecule has 0 aromatic carbocycles. The SMILES string of the molecule is CC[C@@](C)(Nc1ccnc(-c2c[nH]c3ncccc23)n1)C(=O)NCC(F)(F)F.O=P([O-])([O-])[O-]. The molecule has 0 radical (unpaired) electrons. The molecule has 0 aliphatic heterocycles. The average molecular weight is 487 g/mol. The number of phosphoric acid groups is 1. The van der Waals surface area contributed by atoms with Gasteiger partial charge in [0.25, 0.3) is 0 Å². The third-order valence-corrected chi connectivity index (χ3v) is 4.41. The van der Waals surface area contributed by atoms with E-state index in [4.69, 9.17) is 19.2 Å². The van der Waals surface area contributed by atoms with Crippen LogP contribution in [0.4, 0.5) is 19.0 Å². The van der Waals surface area contributed by atoms with Crippen molar-refractivity contribution in [2.45, 2.75) is 32.0 Å². The van der Waals surface area contributed by atoms with E-state index in [0.717, 1.165) is 10.9 Å². The minimum atomic E-state index is -5.39. The summed E-state index contributed by atoms with van der Waals surface area (Å²) >= 11 is 0. The van der Waals surface area contributed by atoms with Crippen LogP contribution in [0.1, 0.15) is 20.3 Å². The zero-order valence-electron chi connectivity index (χ0n) is 17.3. The van der Waals surface area contributed by atoms with E-state index in [-0.39, 0.29) is 6.42 Å². The molecule has 0 saturated heterocycles. The lowest BCUT2D eigenvalue weighted by Gasteiger charge is -2.36. The van der Waals surface area contributed by atoms with Crippen LogP contribution in [0, 0.1) is 0 Å². The first-order chi connectivity index (χ1) is 15.2. The summed E-state index contributed by atoms with van der Waals surface area (Å²) in [6, 6.07) is 5.22. The van der Waals surface area contributed by atoms with Crippen LogP contribution in [0.25, 0.3) is 22.4 Å². The molecule has 3 rings (SSSR count). The fourth-order valence-corrected chi connectivity index (χ4v) is 2.66. The largest absolute Gasteiger partial charge is 0.822 e. The third-order valence-electron chi connectivity index (χ3n) is 4.41. The van der Waals surface area contributed by atoms with Gasteiger partial charge >= 0.3 is 6.18 Å². The molecule has 0 spiro atoms. The second-order valence-corrected chi connectivity index (χ2v) is 7.82. The van der Waals surface area contributed by atoms with E-state index in [0.29, 0.717) is 17.3 Å². The minimum Gasteiger partial charge on any atom is -0.822 e. The number of anilines is 1. The van der Waals surface area contributed by atoms with Gasteiger partial charge in [-0.05, 0) is 31.5 Å². The van der Waals surface area contributed by atoms with Crippen molar-refractivity contribution in [1.29, 1.82) is 0 Å². The number of hydrogen-bond acceptors (Lipinski definition) is 9. The van der Waals surface area contributed by atoms with Crippen molar-refractivity contribution < 1.29 is 37.2 Å². The number of aromatic amines is 1. The molecule has 0 saturated carbocycles. The van der Waals surface area contributed by atoms with Crippen molar-refractivity contribution in [1.82, 2.24) is 25.3 Å². The summed E-state index contributed by atoms with van der Waals surface area (Å²) in [7, 11) is -5.39. The van der Waals surface area contributed by atoms with Crippen molar-refractivity contribution in [2.24, 2.45) is 0 Å². The van der Waals surface area contributed by atoms with Crippen LogP contribution >= 0.6 is 7.82 Å². The molecule has 11 nitrogen and oxygen atoms in total. The Labute approximate surface area is 185 Å². The number of nitrogens with one attached hydrogen (secondary N) is 3. The summed E-state index contributed by atoms with van der Waals surface area (Å²) in [6.45, 7) is 1.84. The highest BCUT2D eigenvalue weighted by atomic mass is 31.2. The molecule has 3 heterocycles. The zero-order chi connectivity index (χ0) is 24.9. The Morgan fingerprint density at radius 2 is 1.85 bits per heavy atom. The Morgan fingerprint density at radius 3 is 2.45 bits per heavy atom. The standard InChI is InChI=1S/C18H19F3N6O.H3O4P/c1-3-17(2,16(28)25-10-18(19,20)21)27-13-6-8-23-15(26-13)12-9-24-14-11(12)5-4-7-22-14;1-5(2,3)4/h4-9H,3,10H2,1-2H3,(H,22,24)(H,25,28)(H,23,26,27);(H3,1,2,3,4)/p-3/t17-;/m1./s1. The van der Waals surface area contributed by atoms with Crippen molar-refractivity contribution >= 4 is 30.6 Å². The molecule has 3 aromatic rings. The molecule has 0 aliphatic rings. The van der Waals surface area contributed by atoms with Gasteiger partial charge in [-0.2, -0.15) is 21.0 Å². The Morgan fingerprint density at radius 1 is 1.18 bits per heavy atom. The molecule has 0 bridgehead atoms. The highest BCUT2D eigenvalue weighted by molar-refractivity contribution is 7.40. The molecule has 15 heteroatoms. The van der Waals surface area contributed by atoms with Crippen molar-refractivity contribution in [3.63, 3.8) is 0 Å². The Kier molecular flexibility index (Phi) is 8.14. The maximum atomic E-state index is 12.4. The van der Waals surface area contributed by atoms with Crippen LogP contribution in [-0.2, 0) is 9.36 Å². The van der Waals surface area contributed by atoms with Crippen LogP contribution < -0.4 is 25.3 Å². The van der Waals surface area contributed by atoms with Crippen molar-refractivity contribution in [3.8, 4) is 11.4 Å². The highest BCUT2D eigenvalue weighted by Gasteiger charge is 2.35. The van der Waals surface area contributed by atoms with E-state index in [9.17, 15) is 18.0 Å². The molecule has 180 valence electrons. The third kappa shape index (κ3) is 8.09. The molecular weight excluding hydrogens is 468 g/mol. The summed E-state index contributed by atoms with van der Waals surface area (Å²) < 4.78 is 45.8. The number of hydrogen-bond donors (Lipinski definition) is 3. The normalized spacial score (nSPS) is 13.6. The zero-order valence-corrected chi connectivity index (χ0v) is 18.2. The predicted octanol–water partition coefficient (Wildman–Crippen LogP) is 0.454. The topological polar surface area (TPSA) is 182 Å². The lowest BCUT2D eigenvalue weighted by molar-refractivity contribution is -0.432. The molecule has 0 aliphatic carbocycles. The molecule has 3 N–H and O–H groups in total. The van der Waals surface area contributed by atoms with Crippen molar-refractivity contribution in [2.75, 3.05) is 11.9 Å². The van der Waals surface area contributed by atoms with E-state index in [2.05, 4.69) is 25.3 Å². The van der Waals surface area contributed by atoms with Gasteiger partial charge in [-0.15, -0.1) is 0 Å². The Balaban J connectivity index is 0.000000696. The lowest BCUT2D eigenvalue weighted by Crippen LogP contribution is -2.52. The van der Waals surface area contributed by atoms with E-state index in [1.54, 1.807) is 31.5 Å². The summed E-state index contributed by atoms with van der Waals surface area (Å²) in [5.41, 5.74) is 0.148. The number of amides is 1. The fourth-order valence-electron chi connectivity index (χ4n) is 2.66. The average Bonchev–Trinajstić information content (AvgIpc) is 3.14. The van der Waals surface area contributed by atoms with Crippen LogP contribution in [0.15, 0.2) is 36.8 Å². The highest BCUT2D eigenvalue weighted by Crippen LogP contribution is 2.26. The molecule has 33 heavy (non-hydrogen) atoms. The minimum absolute atomic E-state index is 0.257. The molecule has 1 amide bonds. The number of halogens is 3. The van der Waals surface area contributed by atoms with Gasteiger partial charge in [0, 0.05) is 29.5 Å². The van der Waals surface area contributed by atoms with E-state index in [1.165, 1.54) is 13.1 Å². The number of pyridine rings is 1. The van der Waals surface area contributed by atoms with Gasteiger partial charge in [-0.3, -0.25) is 4.79 Å². The lowest BCUT2D eigenvalue weighted by atomic mass is 9.97. The second kappa shape index (κ2) is 10.3. The first kappa shape index (κ1) is 26.2. The van der Waals surface area contributed by atoms with Gasteiger partial charge in [-0.25, -0.2) is 15.0 Å². The molecule has 0 unspecified atom stereocenters. The van der Waals surface area contributed by atoms with Crippen LogP contribution in [0.2, 0.25) is 0 Å². The number of carbonyl (C=O) groups is 1. The molecular formula is C18H19F3N6O5P-3. The van der Waals surface area contributed by atoms with Crippen LogP contribution in [-0.4, -0.2) is 44.1 Å². The van der Waals surface area contributed by atoms with Gasteiger partial charge in [0.1, 0.15) is 23.5 Å². The summed E-state index contributed by atoms with van der Waals surface area (Å²) in [5, 5.41) is 5.69. The number of carbonyl (C=O) groups excluding carboxylic acids is 1. The fraction of sp³-hybridized carbons (Fsp3) is 0.333. The summed E-state index contributed by atoms with van der Waals surface area (Å²) in [5.74, 6) is -0.0306. The number of nitrogens with zero attached hydrogens (tertiary/aromatic N) is 3. The number of H-pyrrole nitrogens is 1. The quantitative estimate of drug-likeness (QED) is 0.416. The van der Waals surface area contributed by atoms with Gasteiger partial charge < -0.3 is 34.9 Å². The van der Waals surface area contributed by atoms with E-state index >= 15 is 0 Å². The molecule has 3 aromatic heterocycles. The molecule has 1 atom stereocenters. The number of alkyl halides is 3. The first-order valence-electron chi connectivity index (χ1n) is 9.33. The van der Waals surface area contributed by atoms with Gasteiger partial charge in [0.2, 0.25) is 5.91 Å². The number of fused-ring (bicyclic) bond motifs is 1. The smallest absolute Gasteiger partial charge is 0.405 e. The Bertz CT molecular complexity index is 1140. The van der Waals surface area contributed by atoms with Gasteiger partial charge in [0.15, 0.2) is 5.82 Å². The summed E-state index contributed by atoms with van der Waals surface area (Å²) in [6.07, 6.45) is 0.686. The molecule has 0 fully saturated rings. The number of rotatable bonds is 6. The predicted molar refractivity (Wildman–Crippen MR) is 106 cm³/mol. The maximum absolute atomic E-state index is 12.4. The summed E-state index contributed by atoms with van der Waals surface area (Å²) in [4.78, 5) is 53.9. The van der Waals surface area contributed by atoms with E-state index in [1.807, 2.05) is 11.4 Å². The second-order valence-electron chi connectivity index (χ2n) is 6.92. The van der Waals surface area contributed by atoms with Crippen molar-refractivity contribution in [3.05, 3.63) is 36.8 Å². The Hall–Kier alpha value is -3.06.